The molecule has 19 heavy (non-hydrogen) atoms. The zero-order valence-corrected chi connectivity index (χ0v) is 11.8. The summed E-state index contributed by atoms with van der Waals surface area (Å²) in [7, 11) is 0. The number of ether oxygens (including phenoxy) is 1. The Hall–Kier alpha value is -1.26. The molecule has 1 saturated heterocycles. The van der Waals surface area contributed by atoms with Crippen LogP contribution in [0, 0.1) is 0 Å². The molecule has 0 aromatic heterocycles. The molecule has 2 atom stereocenters. The third-order valence-electron chi connectivity index (χ3n) is 3.21. The maximum absolute atomic E-state index is 11.9. The van der Waals surface area contributed by atoms with Crippen LogP contribution in [0.5, 0.6) is 5.75 Å². The van der Waals surface area contributed by atoms with E-state index < -0.39 is 6.04 Å². The summed E-state index contributed by atoms with van der Waals surface area (Å²) in [4.78, 5) is 13.7. The molecule has 2 N–H and O–H groups in total. The van der Waals surface area contributed by atoms with Gasteiger partial charge in [0.25, 0.3) is 0 Å². The van der Waals surface area contributed by atoms with Crippen LogP contribution in [0.3, 0.4) is 0 Å². The minimum Gasteiger partial charge on any atom is -0.487 e. The van der Waals surface area contributed by atoms with Crippen LogP contribution < -0.4 is 10.5 Å². The van der Waals surface area contributed by atoms with Crippen molar-refractivity contribution in [1.82, 2.24) is 4.90 Å². The van der Waals surface area contributed by atoms with Gasteiger partial charge < -0.3 is 15.4 Å². The van der Waals surface area contributed by atoms with E-state index in [-0.39, 0.29) is 12.0 Å². The van der Waals surface area contributed by atoms with Crippen molar-refractivity contribution in [1.29, 1.82) is 0 Å². The second-order valence-electron chi connectivity index (χ2n) is 4.89. The topological polar surface area (TPSA) is 55.6 Å². The number of para-hydroxylation sites is 1. The fourth-order valence-electron chi connectivity index (χ4n) is 2.24. The second-order valence-corrected chi connectivity index (χ2v) is 5.29. The molecule has 0 spiro atoms. The van der Waals surface area contributed by atoms with Gasteiger partial charge in [0.1, 0.15) is 11.9 Å². The average molecular weight is 283 g/mol. The highest BCUT2D eigenvalue weighted by Crippen LogP contribution is 2.26. The van der Waals surface area contributed by atoms with E-state index in [9.17, 15) is 4.79 Å². The Labute approximate surface area is 118 Å². The number of benzene rings is 1. The van der Waals surface area contributed by atoms with Crippen LogP contribution in [0.2, 0.25) is 5.02 Å². The van der Waals surface area contributed by atoms with Gasteiger partial charge in [-0.15, -0.1) is 0 Å². The minimum atomic E-state index is -0.459. The summed E-state index contributed by atoms with van der Waals surface area (Å²) in [5.74, 6) is 0.650. The largest absolute Gasteiger partial charge is 0.487 e. The van der Waals surface area contributed by atoms with Crippen molar-refractivity contribution in [3.05, 3.63) is 29.3 Å². The molecule has 1 aliphatic rings. The third-order valence-corrected chi connectivity index (χ3v) is 3.52. The van der Waals surface area contributed by atoms with E-state index in [1.54, 1.807) is 17.9 Å². The predicted octanol–water partition coefficient (Wildman–Crippen LogP) is 2.06. The molecule has 2 rings (SSSR count). The Morgan fingerprint density at radius 3 is 2.95 bits per heavy atom. The van der Waals surface area contributed by atoms with Crippen LogP contribution in [0.25, 0.3) is 0 Å². The highest BCUT2D eigenvalue weighted by atomic mass is 35.5. The minimum absolute atomic E-state index is 0.0173. The number of halogens is 1. The zero-order chi connectivity index (χ0) is 13.8. The molecule has 0 radical (unpaired) electrons. The van der Waals surface area contributed by atoms with E-state index in [1.165, 1.54) is 0 Å². The molecular weight excluding hydrogens is 264 g/mol. The fourth-order valence-corrected chi connectivity index (χ4v) is 2.42. The normalized spacial score (nSPS) is 21.0. The number of amides is 1. The van der Waals surface area contributed by atoms with Gasteiger partial charge in [0, 0.05) is 6.54 Å². The predicted molar refractivity (Wildman–Crippen MR) is 75.3 cm³/mol. The maximum Gasteiger partial charge on any atom is 0.239 e. The Balaban J connectivity index is 1.98. The first-order valence-electron chi connectivity index (χ1n) is 6.53. The van der Waals surface area contributed by atoms with Gasteiger partial charge in [-0.2, -0.15) is 0 Å². The van der Waals surface area contributed by atoms with Crippen LogP contribution in [0.15, 0.2) is 24.3 Å². The Morgan fingerprint density at radius 2 is 2.26 bits per heavy atom. The van der Waals surface area contributed by atoms with E-state index in [0.717, 1.165) is 19.4 Å². The van der Waals surface area contributed by atoms with Crippen molar-refractivity contribution in [3.63, 3.8) is 0 Å². The maximum atomic E-state index is 11.9. The van der Waals surface area contributed by atoms with Crippen LogP contribution in [0.4, 0.5) is 0 Å². The van der Waals surface area contributed by atoms with E-state index in [1.807, 2.05) is 18.2 Å². The Kier molecular flexibility index (Phi) is 4.66. The lowest BCUT2D eigenvalue weighted by Gasteiger charge is -2.34. The van der Waals surface area contributed by atoms with Crippen LogP contribution in [-0.2, 0) is 4.79 Å². The standard InChI is InChI=1S/C14H19ClN2O2/c1-10(16)14(18)17-8-4-5-11(9-17)19-13-7-3-2-6-12(13)15/h2-3,6-7,10-11H,4-5,8-9,16H2,1H3/t10-,11+/m0/s1. The van der Waals surface area contributed by atoms with Gasteiger partial charge in [-0.05, 0) is 31.9 Å². The van der Waals surface area contributed by atoms with Crippen LogP contribution in [0.1, 0.15) is 19.8 Å². The molecule has 1 aromatic rings. The summed E-state index contributed by atoms with van der Waals surface area (Å²) in [6.45, 7) is 3.04. The van der Waals surface area contributed by atoms with Crippen molar-refractivity contribution in [2.24, 2.45) is 5.73 Å². The number of carbonyl (C=O) groups is 1. The lowest BCUT2D eigenvalue weighted by atomic mass is 10.1. The van der Waals surface area contributed by atoms with E-state index in [4.69, 9.17) is 22.1 Å². The highest BCUT2D eigenvalue weighted by molar-refractivity contribution is 6.32. The first kappa shape index (κ1) is 14.2. The highest BCUT2D eigenvalue weighted by Gasteiger charge is 2.26. The molecule has 0 saturated carbocycles. The summed E-state index contributed by atoms with van der Waals surface area (Å²) in [5, 5.41) is 0.596. The number of carbonyl (C=O) groups excluding carboxylic acids is 1. The third kappa shape index (κ3) is 3.61. The molecule has 1 aliphatic heterocycles. The van der Waals surface area contributed by atoms with E-state index in [2.05, 4.69) is 0 Å². The summed E-state index contributed by atoms with van der Waals surface area (Å²) < 4.78 is 5.88. The average Bonchev–Trinajstić information content (AvgIpc) is 2.41. The molecule has 5 heteroatoms. The SMILES string of the molecule is C[C@H](N)C(=O)N1CCC[C@@H](Oc2ccccc2Cl)C1. The van der Waals surface area contributed by atoms with Crippen molar-refractivity contribution in [2.75, 3.05) is 13.1 Å². The molecule has 0 aliphatic carbocycles. The van der Waals surface area contributed by atoms with Crippen molar-refractivity contribution < 1.29 is 9.53 Å². The van der Waals surface area contributed by atoms with Crippen molar-refractivity contribution >= 4 is 17.5 Å². The Bertz CT molecular complexity index is 451. The van der Waals surface area contributed by atoms with Crippen molar-refractivity contribution in [3.8, 4) is 5.75 Å². The number of nitrogens with zero attached hydrogens (tertiary/aromatic N) is 1. The van der Waals surface area contributed by atoms with Crippen molar-refractivity contribution in [2.45, 2.75) is 31.9 Å². The van der Waals surface area contributed by atoms with E-state index in [0.29, 0.717) is 17.3 Å². The van der Waals surface area contributed by atoms with Gasteiger partial charge in [-0.3, -0.25) is 4.79 Å². The summed E-state index contributed by atoms with van der Waals surface area (Å²) in [6, 6.07) is 6.93. The lowest BCUT2D eigenvalue weighted by molar-refractivity contribution is -0.134. The zero-order valence-electron chi connectivity index (χ0n) is 11.0. The molecular formula is C14H19ClN2O2. The fraction of sp³-hybridized carbons (Fsp3) is 0.500. The lowest BCUT2D eigenvalue weighted by Crippen LogP contribution is -2.49. The monoisotopic (exact) mass is 282 g/mol. The molecule has 1 heterocycles. The number of hydrogen-bond acceptors (Lipinski definition) is 3. The molecule has 1 amide bonds. The van der Waals surface area contributed by atoms with Gasteiger partial charge in [-0.1, -0.05) is 23.7 Å². The summed E-state index contributed by atoms with van der Waals surface area (Å²) in [6.07, 6.45) is 1.83. The molecule has 104 valence electrons. The quantitative estimate of drug-likeness (QED) is 0.923. The number of likely N-dealkylation sites (tertiary alicyclic amines) is 1. The summed E-state index contributed by atoms with van der Waals surface area (Å²) >= 11 is 6.07. The molecule has 4 nitrogen and oxygen atoms in total. The van der Waals surface area contributed by atoms with Gasteiger partial charge in [0.05, 0.1) is 17.6 Å². The molecule has 0 unspecified atom stereocenters. The number of piperidine rings is 1. The van der Waals surface area contributed by atoms with Crippen LogP contribution >= 0.6 is 11.6 Å². The number of hydrogen-bond donors (Lipinski definition) is 1. The van der Waals surface area contributed by atoms with Gasteiger partial charge in [0.15, 0.2) is 0 Å². The first-order valence-corrected chi connectivity index (χ1v) is 6.91. The second kappa shape index (κ2) is 6.26. The Morgan fingerprint density at radius 1 is 1.53 bits per heavy atom. The van der Waals surface area contributed by atoms with Gasteiger partial charge in [0.2, 0.25) is 5.91 Å². The molecule has 0 bridgehead atoms. The van der Waals surface area contributed by atoms with Gasteiger partial charge in [-0.25, -0.2) is 0 Å². The summed E-state index contributed by atoms with van der Waals surface area (Å²) in [5.41, 5.74) is 5.64. The molecule has 1 fully saturated rings. The van der Waals surface area contributed by atoms with Crippen LogP contribution in [-0.4, -0.2) is 36.0 Å². The number of rotatable bonds is 3. The van der Waals surface area contributed by atoms with E-state index >= 15 is 0 Å². The first-order chi connectivity index (χ1) is 9.08. The van der Waals surface area contributed by atoms with Gasteiger partial charge >= 0.3 is 0 Å². The smallest absolute Gasteiger partial charge is 0.239 e. The number of nitrogens with two attached hydrogens (primary N) is 1. The molecule has 1 aromatic carbocycles.